The van der Waals surface area contributed by atoms with Gasteiger partial charge in [-0.1, -0.05) is 0 Å². The molecule has 2 aromatic heterocycles. The minimum atomic E-state index is -0.422. The van der Waals surface area contributed by atoms with Gasteiger partial charge in [-0.2, -0.15) is 0 Å². The number of rotatable bonds is 2. The van der Waals surface area contributed by atoms with Crippen molar-refractivity contribution in [3.05, 3.63) is 27.2 Å². The molecule has 0 aromatic carbocycles. The van der Waals surface area contributed by atoms with Crippen molar-refractivity contribution in [3.8, 4) is 0 Å². The van der Waals surface area contributed by atoms with E-state index in [1.54, 1.807) is 13.4 Å². The third-order valence-corrected chi connectivity index (χ3v) is 3.03. The molecule has 84 valence electrons. The number of fused-ring (bicyclic) bond motifs is 1. The lowest BCUT2D eigenvalue weighted by molar-refractivity contribution is 0.640. The molecule has 6 heteroatoms. The third-order valence-electron chi connectivity index (χ3n) is 3.03. The van der Waals surface area contributed by atoms with Crippen molar-refractivity contribution in [1.82, 2.24) is 19.1 Å². The van der Waals surface area contributed by atoms with Gasteiger partial charge in [-0.15, -0.1) is 0 Å². The van der Waals surface area contributed by atoms with E-state index in [4.69, 9.17) is 0 Å². The van der Waals surface area contributed by atoms with E-state index in [0.717, 1.165) is 6.54 Å². The van der Waals surface area contributed by atoms with Crippen LogP contribution >= 0.6 is 0 Å². The monoisotopic (exact) mass is 220 g/mol. The fraction of sp³-hybridized carbons (Fsp3) is 0.500. The Morgan fingerprint density at radius 1 is 1.50 bits per heavy atom. The Morgan fingerprint density at radius 2 is 2.25 bits per heavy atom. The maximum atomic E-state index is 11.7. The first-order valence-corrected chi connectivity index (χ1v) is 5.31. The fourth-order valence-electron chi connectivity index (χ4n) is 1.90. The summed E-state index contributed by atoms with van der Waals surface area (Å²) >= 11 is 0. The van der Waals surface area contributed by atoms with E-state index in [1.807, 2.05) is 4.57 Å². The largest absolute Gasteiger partial charge is 0.329 e. The van der Waals surface area contributed by atoms with Gasteiger partial charge in [0.25, 0.3) is 5.56 Å². The van der Waals surface area contributed by atoms with E-state index in [1.165, 1.54) is 17.4 Å². The first-order valence-electron chi connectivity index (χ1n) is 5.31. The zero-order valence-electron chi connectivity index (χ0n) is 8.93. The van der Waals surface area contributed by atoms with Crippen LogP contribution in [-0.2, 0) is 13.6 Å². The predicted molar refractivity (Wildman–Crippen MR) is 58.3 cm³/mol. The van der Waals surface area contributed by atoms with Crippen LogP contribution in [0.5, 0.6) is 0 Å². The average Bonchev–Trinajstić information content (AvgIpc) is 2.93. The van der Waals surface area contributed by atoms with Gasteiger partial charge in [-0.3, -0.25) is 14.3 Å². The molecule has 0 saturated heterocycles. The number of aromatic amines is 1. The molecule has 1 N–H and O–H groups in total. The quantitative estimate of drug-likeness (QED) is 0.763. The van der Waals surface area contributed by atoms with Gasteiger partial charge in [0.15, 0.2) is 11.2 Å². The van der Waals surface area contributed by atoms with Crippen molar-refractivity contribution in [2.24, 2.45) is 13.0 Å². The van der Waals surface area contributed by atoms with E-state index in [2.05, 4.69) is 9.97 Å². The molecule has 1 aliphatic carbocycles. The SMILES string of the molecule is Cn1c(=O)[nH]c(=O)c2c1ncn2CC1CC1. The Hall–Kier alpha value is -1.85. The van der Waals surface area contributed by atoms with Crippen LogP contribution in [0.4, 0.5) is 0 Å². The molecule has 3 rings (SSSR count). The molecule has 1 fully saturated rings. The van der Waals surface area contributed by atoms with Crippen LogP contribution in [0.25, 0.3) is 11.2 Å². The summed E-state index contributed by atoms with van der Waals surface area (Å²) < 4.78 is 3.20. The van der Waals surface area contributed by atoms with Crippen molar-refractivity contribution in [2.75, 3.05) is 0 Å². The number of H-pyrrole nitrogens is 1. The Morgan fingerprint density at radius 3 is 2.94 bits per heavy atom. The summed E-state index contributed by atoms with van der Waals surface area (Å²) in [5.74, 6) is 0.661. The Bertz CT molecular complexity index is 659. The maximum Gasteiger partial charge on any atom is 0.329 e. The van der Waals surface area contributed by atoms with Crippen molar-refractivity contribution in [3.63, 3.8) is 0 Å². The molecule has 0 amide bonds. The lowest BCUT2D eigenvalue weighted by atomic mass is 10.4. The van der Waals surface area contributed by atoms with Gasteiger partial charge in [-0.05, 0) is 18.8 Å². The second kappa shape index (κ2) is 3.07. The van der Waals surface area contributed by atoms with Crippen LogP contribution < -0.4 is 11.2 Å². The lowest BCUT2D eigenvalue weighted by Crippen LogP contribution is -2.29. The number of aromatic nitrogens is 4. The van der Waals surface area contributed by atoms with Gasteiger partial charge in [0.2, 0.25) is 0 Å². The molecule has 0 radical (unpaired) electrons. The van der Waals surface area contributed by atoms with Gasteiger partial charge >= 0.3 is 5.69 Å². The van der Waals surface area contributed by atoms with Crippen molar-refractivity contribution in [1.29, 1.82) is 0 Å². The molecular weight excluding hydrogens is 208 g/mol. The van der Waals surface area contributed by atoms with E-state index < -0.39 is 5.69 Å². The molecule has 16 heavy (non-hydrogen) atoms. The summed E-state index contributed by atoms with van der Waals surface area (Å²) in [5.41, 5.74) is 0.175. The van der Waals surface area contributed by atoms with Crippen LogP contribution in [-0.4, -0.2) is 19.1 Å². The van der Waals surface area contributed by atoms with Crippen LogP contribution in [0, 0.1) is 5.92 Å². The third kappa shape index (κ3) is 1.30. The van der Waals surface area contributed by atoms with Crippen LogP contribution in [0.3, 0.4) is 0 Å². The molecule has 2 aromatic rings. The summed E-state index contributed by atoms with van der Waals surface area (Å²) in [6.07, 6.45) is 4.06. The Balaban J connectivity index is 2.28. The van der Waals surface area contributed by atoms with E-state index >= 15 is 0 Å². The van der Waals surface area contributed by atoms with E-state index in [-0.39, 0.29) is 5.56 Å². The van der Waals surface area contributed by atoms with Crippen LogP contribution in [0.2, 0.25) is 0 Å². The standard InChI is InChI=1S/C10H12N4O2/c1-13-8-7(9(15)12-10(13)16)14(5-11-8)4-6-2-3-6/h5-6H,2-4H2,1H3,(H,12,15,16). The minimum absolute atomic E-state index is 0.351. The Labute approximate surface area is 90.5 Å². The number of aryl methyl sites for hydroxylation is 1. The van der Waals surface area contributed by atoms with Crippen LogP contribution in [0.15, 0.2) is 15.9 Å². The van der Waals surface area contributed by atoms with Gasteiger partial charge in [0, 0.05) is 13.6 Å². The predicted octanol–water partition coefficient (Wildman–Crippen LogP) is -0.167. The van der Waals surface area contributed by atoms with Gasteiger partial charge in [0.1, 0.15) is 0 Å². The van der Waals surface area contributed by atoms with E-state index in [9.17, 15) is 9.59 Å². The number of imidazole rings is 1. The van der Waals surface area contributed by atoms with Gasteiger partial charge < -0.3 is 4.57 Å². The zero-order valence-corrected chi connectivity index (χ0v) is 8.93. The molecular formula is C10H12N4O2. The second-order valence-electron chi connectivity index (χ2n) is 4.33. The zero-order chi connectivity index (χ0) is 11.3. The molecule has 6 nitrogen and oxygen atoms in total. The highest BCUT2D eigenvalue weighted by Crippen LogP contribution is 2.31. The van der Waals surface area contributed by atoms with Crippen molar-refractivity contribution >= 4 is 11.2 Å². The molecule has 0 atom stereocenters. The first kappa shape index (κ1) is 9.38. The minimum Gasteiger partial charge on any atom is -0.324 e. The van der Waals surface area contributed by atoms with E-state index in [0.29, 0.717) is 17.1 Å². The summed E-state index contributed by atoms with van der Waals surface area (Å²) in [6, 6.07) is 0. The smallest absolute Gasteiger partial charge is 0.324 e. The highest BCUT2D eigenvalue weighted by molar-refractivity contribution is 5.69. The van der Waals surface area contributed by atoms with Gasteiger partial charge in [0.05, 0.1) is 6.33 Å². The molecule has 2 heterocycles. The first-order chi connectivity index (χ1) is 7.66. The molecule has 0 aliphatic heterocycles. The summed E-state index contributed by atoms with van der Waals surface area (Å²) in [5, 5.41) is 0. The molecule has 0 unspecified atom stereocenters. The van der Waals surface area contributed by atoms with Gasteiger partial charge in [-0.25, -0.2) is 9.78 Å². The summed E-state index contributed by atoms with van der Waals surface area (Å²) in [4.78, 5) is 29.5. The number of hydrogen-bond acceptors (Lipinski definition) is 3. The highest BCUT2D eigenvalue weighted by atomic mass is 16.2. The number of nitrogens with one attached hydrogen (secondary N) is 1. The molecule has 1 saturated carbocycles. The normalized spacial score (nSPS) is 15.8. The molecule has 0 spiro atoms. The van der Waals surface area contributed by atoms with Crippen LogP contribution in [0.1, 0.15) is 12.8 Å². The highest BCUT2D eigenvalue weighted by Gasteiger charge is 2.23. The number of nitrogens with zero attached hydrogens (tertiary/aromatic N) is 3. The molecule has 0 bridgehead atoms. The lowest BCUT2D eigenvalue weighted by Gasteiger charge is -2.02. The Kier molecular flexibility index (Phi) is 1.80. The fourth-order valence-corrected chi connectivity index (χ4v) is 1.90. The second-order valence-corrected chi connectivity index (χ2v) is 4.33. The maximum absolute atomic E-state index is 11.7. The summed E-state index contributed by atoms with van der Waals surface area (Å²) in [6.45, 7) is 0.817. The average molecular weight is 220 g/mol. The molecule has 1 aliphatic rings. The summed E-state index contributed by atoms with van der Waals surface area (Å²) in [7, 11) is 1.61. The topological polar surface area (TPSA) is 72.7 Å². The van der Waals surface area contributed by atoms with Crippen molar-refractivity contribution < 1.29 is 0 Å². The van der Waals surface area contributed by atoms with Crippen molar-refractivity contribution in [2.45, 2.75) is 19.4 Å². The number of hydrogen-bond donors (Lipinski definition) is 1.